The lowest BCUT2D eigenvalue weighted by Crippen LogP contribution is -2.04. The van der Waals surface area contributed by atoms with Gasteiger partial charge in [-0.15, -0.1) is 0 Å². The number of benzene rings is 11. The summed E-state index contributed by atoms with van der Waals surface area (Å²) in [5.41, 5.74) is 18.9. The Hall–Kier alpha value is -10.8. The minimum atomic E-state index is 0.524. The number of hydrogen-bond acceptors (Lipinski definition) is 3. The van der Waals surface area contributed by atoms with Gasteiger partial charge in [-0.3, -0.25) is 0 Å². The molecule has 11 aromatic carbocycles. The Morgan fingerprint density at radius 3 is 1.45 bits per heavy atom. The van der Waals surface area contributed by atoms with E-state index in [0.717, 1.165) is 89.2 Å². The summed E-state index contributed by atoms with van der Waals surface area (Å²) >= 11 is 0. The van der Waals surface area contributed by atoms with Crippen molar-refractivity contribution in [2.75, 3.05) is 0 Å². The molecule has 5 nitrogen and oxygen atoms in total. The van der Waals surface area contributed by atoms with E-state index in [9.17, 15) is 0 Å². The smallest absolute Gasteiger partial charge is 0.164 e. The van der Waals surface area contributed by atoms with Crippen LogP contribution in [0.25, 0.3) is 128 Å². The van der Waals surface area contributed by atoms with Crippen LogP contribution in [0.4, 0.5) is 0 Å². The second-order valence-corrected chi connectivity index (χ2v) is 20.0. The molecule has 376 valence electrons. The molecule has 0 aliphatic carbocycles. The van der Waals surface area contributed by atoms with Gasteiger partial charge in [0.15, 0.2) is 17.5 Å². The fourth-order valence-electron chi connectivity index (χ4n) is 11.4. The third-order valence-electron chi connectivity index (χ3n) is 15.1. The molecule has 80 heavy (non-hydrogen) atoms. The number of hydrogen-bond donors (Lipinski definition) is 0. The van der Waals surface area contributed by atoms with Gasteiger partial charge < -0.3 is 9.13 Å². The predicted octanol–water partition coefficient (Wildman–Crippen LogP) is 19.2. The van der Waals surface area contributed by atoms with E-state index in [-0.39, 0.29) is 0 Å². The number of nitrogens with zero attached hydrogens (tertiary/aromatic N) is 5. The molecule has 0 N–H and O–H groups in total. The minimum Gasteiger partial charge on any atom is -0.309 e. The number of fused-ring (bicyclic) bond motifs is 7. The number of para-hydroxylation sites is 3. The quantitative estimate of drug-likeness (QED) is 0.115. The van der Waals surface area contributed by atoms with Crippen LogP contribution < -0.4 is 0 Å². The average molecular weight is 1020 g/mol. The maximum absolute atomic E-state index is 5.41. The number of aromatic nitrogens is 5. The fraction of sp³-hybridized carbons (Fsp3) is 0. The van der Waals surface area contributed by atoms with Crippen molar-refractivity contribution >= 4 is 60.8 Å². The van der Waals surface area contributed by atoms with Crippen molar-refractivity contribution in [1.82, 2.24) is 24.1 Å². The van der Waals surface area contributed by atoms with E-state index in [1.54, 1.807) is 0 Å². The molecule has 3 heterocycles. The Morgan fingerprint density at radius 2 is 0.838 bits per heavy atom. The normalized spacial score (nSPS) is 11.8. The summed E-state index contributed by atoms with van der Waals surface area (Å²) in [5.74, 6) is 1.65. The van der Waals surface area contributed by atoms with Gasteiger partial charge in [0, 0.05) is 49.5 Å². The molecule has 0 saturated carbocycles. The van der Waals surface area contributed by atoms with Crippen molar-refractivity contribution in [1.29, 1.82) is 0 Å². The highest BCUT2D eigenvalue weighted by molar-refractivity contribution is 6.26. The highest BCUT2D eigenvalue weighted by Gasteiger charge is 2.26. The predicted molar refractivity (Wildman–Crippen MR) is 335 cm³/mol. The van der Waals surface area contributed by atoms with Crippen molar-refractivity contribution in [3.63, 3.8) is 0 Å². The van der Waals surface area contributed by atoms with E-state index in [1.807, 2.05) is 36.4 Å². The summed E-state index contributed by atoms with van der Waals surface area (Å²) in [7, 11) is 0. The zero-order valence-corrected chi connectivity index (χ0v) is 43.7. The lowest BCUT2D eigenvalue weighted by molar-refractivity contribution is 1.04. The number of allylic oxidation sites excluding steroid dienone is 4. The summed E-state index contributed by atoms with van der Waals surface area (Å²) in [4.78, 5) is 16.0. The molecule has 0 bridgehead atoms. The summed E-state index contributed by atoms with van der Waals surface area (Å²) in [6.07, 6.45) is 6.22. The Kier molecular flexibility index (Phi) is 12.3. The SMILES string of the molecule is C=C(/C=C(\C=C\c1nc(-c2ccc(-c3ccccc3)cc2)nc(-c2cc(-c3ccccc3)c(-n3c4ccccc4c4c3ccc3c5ccccc5n(-c5ccccc5)c34)c(-c3ccccc3)c2)n1)c1ccccc1)c1ccccc1. The lowest BCUT2D eigenvalue weighted by Gasteiger charge is -2.21. The average Bonchev–Trinajstić information content (AvgIpc) is 4.14. The Bertz CT molecular complexity index is 4600. The van der Waals surface area contributed by atoms with Gasteiger partial charge in [0.1, 0.15) is 0 Å². The highest BCUT2D eigenvalue weighted by Crippen LogP contribution is 2.47. The second-order valence-electron chi connectivity index (χ2n) is 20.0. The van der Waals surface area contributed by atoms with Gasteiger partial charge in [0.2, 0.25) is 0 Å². The molecule has 0 unspecified atom stereocenters. The first-order valence-electron chi connectivity index (χ1n) is 27.0. The lowest BCUT2D eigenvalue weighted by atomic mass is 9.92. The molecule has 0 fully saturated rings. The monoisotopic (exact) mass is 1020 g/mol. The molecular weight excluding hydrogens is 971 g/mol. The molecule has 14 aromatic rings. The van der Waals surface area contributed by atoms with E-state index in [4.69, 9.17) is 15.0 Å². The molecule has 5 heteroatoms. The Balaban J connectivity index is 1.03. The Morgan fingerprint density at radius 1 is 0.362 bits per heavy atom. The molecule has 14 rings (SSSR count). The maximum Gasteiger partial charge on any atom is 0.164 e. The van der Waals surface area contributed by atoms with Crippen LogP contribution >= 0.6 is 0 Å². The van der Waals surface area contributed by atoms with Crippen molar-refractivity contribution in [3.05, 3.63) is 315 Å². The number of rotatable bonds is 12. The van der Waals surface area contributed by atoms with Gasteiger partial charge in [-0.05, 0) is 99.1 Å². The van der Waals surface area contributed by atoms with Crippen LogP contribution in [-0.4, -0.2) is 24.1 Å². The second kappa shape index (κ2) is 20.7. The van der Waals surface area contributed by atoms with E-state index >= 15 is 0 Å². The van der Waals surface area contributed by atoms with Gasteiger partial charge >= 0.3 is 0 Å². The molecule has 3 aromatic heterocycles. The summed E-state index contributed by atoms with van der Waals surface area (Å²) in [5, 5.41) is 4.78. The zero-order chi connectivity index (χ0) is 53.4. The van der Waals surface area contributed by atoms with E-state index in [0.29, 0.717) is 17.5 Å². The van der Waals surface area contributed by atoms with E-state index in [2.05, 4.69) is 277 Å². The van der Waals surface area contributed by atoms with Gasteiger partial charge in [-0.2, -0.15) is 0 Å². The van der Waals surface area contributed by atoms with Crippen LogP contribution in [0.1, 0.15) is 17.0 Å². The van der Waals surface area contributed by atoms with Gasteiger partial charge in [-0.1, -0.05) is 249 Å². The molecular formula is C75H51N5. The topological polar surface area (TPSA) is 48.5 Å². The maximum atomic E-state index is 5.41. The van der Waals surface area contributed by atoms with Crippen LogP contribution in [-0.2, 0) is 0 Å². The van der Waals surface area contributed by atoms with Crippen molar-refractivity contribution < 1.29 is 0 Å². The van der Waals surface area contributed by atoms with Gasteiger partial charge in [0.05, 0.1) is 27.8 Å². The first-order chi connectivity index (χ1) is 39.6. The molecule has 0 amide bonds. The fourth-order valence-corrected chi connectivity index (χ4v) is 11.4. The summed E-state index contributed by atoms with van der Waals surface area (Å²) in [6.45, 7) is 4.49. The van der Waals surface area contributed by atoms with Crippen LogP contribution in [0.5, 0.6) is 0 Å². The van der Waals surface area contributed by atoms with Crippen LogP contribution in [0.2, 0.25) is 0 Å². The van der Waals surface area contributed by atoms with E-state index in [1.165, 1.54) is 32.6 Å². The minimum absolute atomic E-state index is 0.524. The largest absolute Gasteiger partial charge is 0.309 e. The summed E-state index contributed by atoms with van der Waals surface area (Å²) in [6, 6.07) is 98.7. The molecule has 0 aliphatic heterocycles. The first-order valence-corrected chi connectivity index (χ1v) is 27.0. The Labute approximate surface area is 464 Å². The van der Waals surface area contributed by atoms with Gasteiger partial charge in [-0.25, -0.2) is 15.0 Å². The molecule has 0 atom stereocenters. The van der Waals surface area contributed by atoms with Crippen LogP contribution in [0.3, 0.4) is 0 Å². The molecule has 0 aliphatic rings. The summed E-state index contributed by atoms with van der Waals surface area (Å²) < 4.78 is 4.94. The third kappa shape index (κ3) is 8.79. The molecule has 0 radical (unpaired) electrons. The third-order valence-corrected chi connectivity index (χ3v) is 15.1. The molecule has 0 saturated heterocycles. The van der Waals surface area contributed by atoms with Gasteiger partial charge in [0.25, 0.3) is 0 Å². The highest BCUT2D eigenvalue weighted by atomic mass is 15.0. The van der Waals surface area contributed by atoms with Crippen LogP contribution in [0, 0.1) is 0 Å². The van der Waals surface area contributed by atoms with Crippen LogP contribution in [0.15, 0.2) is 298 Å². The zero-order valence-electron chi connectivity index (χ0n) is 43.7. The van der Waals surface area contributed by atoms with Crippen molar-refractivity contribution in [2.24, 2.45) is 0 Å². The van der Waals surface area contributed by atoms with Crippen molar-refractivity contribution in [3.8, 4) is 67.5 Å². The van der Waals surface area contributed by atoms with E-state index < -0.39 is 0 Å². The van der Waals surface area contributed by atoms with Crippen molar-refractivity contribution in [2.45, 2.75) is 0 Å². The standard InChI is InChI=1S/C75H51N5/c1-51(52-24-8-2-9-25-52)48-59(54-28-12-4-13-29-54)44-47-70-76-74(58-42-40-55(41-43-58)53-26-10-3-11-27-53)78-75(77-70)60-49-65(56-30-14-5-15-31-56)72(66(50-60)57-32-16-6-17-33-57)80-68-39-23-21-37-64(68)71-69(80)46-45-63-62-36-20-22-38-67(62)79(73(63)71)61-34-18-7-19-35-61/h2-50H,1H2/b47-44+,59-48+. The molecule has 0 spiro atoms. The first kappa shape index (κ1) is 47.7.